The predicted molar refractivity (Wildman–Crippen MR) is 130 cm³/mol. The number of benzene rings is 1. The molecule has 1 saturated heterocycles. The van der Waals surface area contributed by atoms with Crippen LogP contribution < -0.4 is 10.6 Å². The van der Waals surface area contributed by atoms with E-state index in [0.29, 0.717) is 23.4 Å². The molecular weight excluding hydrogens is 468 g/mol. The van der Waals surface area contributed by atoms with E-state index in [-0.39, 0.29) is 50.9 Å². The van der Waals surface area contributed by atoms with Crippen LogP contribution in [0, 0.1) is 0 Å². The van der Waals surface area contributed by atoms with Crippen molar-refractivity contribution in [2.24, 2.45) is 0 Å². The standard InChI is InChI=1S/C25H34N4O7/c1-5-12-35-13-11-28(24(34)36-25(2,3)4)15-21(31)26-18-8-6-7-16-17(18)14-29(23(16)33)19-9-10-20(30)27-22(19)32/h6-8,19H,5,9-15H2,1-4H3,(H,26,31)(H,27,30,32). The van der Waals surface area contributed by atoms with Gasteiger partial charge in [-0.3, -0.25) is 29.4 Å². The Kier molecular flexibility index (Phi) is 8.67. The largest absolute Gasteiger partial charge is 0.444 e. The highest BCUT2D eigenvalue weighted by molar-refractivity contribution is 6.07. The molecule has 0 saturated carbocycles. The third-order valence-electron chi connectivity index (χ3n) is 5.70. The molecule has 2 heterocycles. The lowest BCUT2D eigenvalue weighted by Gasteiger charge is -2.29. The number of anilines is 1. The zero-order valence-electron chi connectivity index (χ0n) is 21.2. The fraction of sp³-hybridized carbons (Fsp3) is 0.560. The molecule has 1 fully saturated rings. The molecule has 1 aromatic rings. The molecule has 1 atom stereocenters. The normalized spacial score (nSPS) is 17.5. The first kappa shape index (κ1) is 27.1. The second kappa shape index (κ2) is 11.5. The van der Waals surface area contributed by atoms with Crippen molar-refractivity contribution in [3.8, 4) is 0 Å². The van der Waals surface area contributed by atoms with Crippen molar-refractivity contribution in [3.63, 3.8) is 0 Å². The molecular formula is C25H34N4O7. The number of hydrogen-bond acceptors (Lipinski definition) is 7. The van der Waals surface area contributed by atoms with Crippen molar-refractivity contribution in [1.82, 2.24) is 15.1 Å². The molecule has 196 valence electrons. The van der Waals surface area contributed by atoms with Crippen molar-refractivity contribution >= 4 is 35.4 Å². The Morgan fingerprint density at radius 1 is 1.19 bits per heavy atom. The summed E-state index contributed by atoms with van der Waals surface area (Å²) in [6.45, 7) is 8.05. The molecule has 0 radical (unpaired) electrons. The van der Waals surface area contributed by atoms with E-state index < -0.39 is 29.6 Å². The number of nitrogens with one attached hydrogen (secondary N) is 2. The highest BCUT2D eigenvalue weighted by Gasteiger charge is 2.40. The molecule has 2 aliphatic rings. The highest BCUT2D eigenvalue weighted by Crippen LogP contribution is 2.32. The third kappa shape index (κ3) is 6.81. The number of ether oxygens (including phenoxy) is 2. The number of imide groups is 1. The zero-order chi connectivity index (χ0) is 26.5. The van der Waals surface area contributed by atoms with Crippen molar-refractivity contribution in [2.75, 3.05) is 31.6 Å². The molecule has 2 aliphatic heterocycles. The number of rotatable bonds is 9. The Hall–Kier alpha value is -3.47. The molecule has 0 aliphatic carbocycles. The Bertz CT molecular complexity index is 1030. The molecule has 2 N–H and O–H groups in total. The van der Waals surface area contributed by atoms with E-state index >= 15 is 0 Å². The third-order valence-corrected chi connectivity index (χ3v) is 5.70. The van der Waals surface area contributed by atoms with Crippen LogP contribution in [0.2, 0.25) is 0 Å². The lowest BCUT2D eigenvalue weighted by atomic mass is 10.0. The van der Waals surface area contributed by atoms with E-state index in [1.807, 2.05) is 6.92 Å². The lowest BCUT2D eigenvalue weighted by molar-refractivity contribution is -0.137. The summed E-state index contributed by atoms with van der Waals surface area (Å²) in [6.07, 6.45) is 0.607. The van der Waals surface area contributed by atoms with Gasteiger partial charge >= 0.3 is 6.09 Å². The zero-order valence-corrected chi connectivity index (χ0v) is 21.2. The number of carbonyl (C=O) groups excluding carboxylic acids is 5. The number of piperidine rings is 1. The van der Waals surface area contributed by atoms with E-state index in [0.717, 1.165) is 6.42 Å². The molecule has 5 amide bonds. The van der Waals surface area contributed by atoms with E-state index in [4.69, 9.17) is 9.47 Å². The van der Waals surface area contributed by atoms with Gasteiger partial charge in [0, 0.05) is 42.9 Å². The quantitative estimate of drug-likeness (QED) is 0.390. The molecule has 0 spiro atoms. The van der Waals surface area contributed by atoms with Gasteiger partial charge in [0.2, 0.25) is 17.7 Å². The maximum Gasteiger partial charge on any atom is 0.410 e. The molecule has 0 bridgehead atoms. The minimum Gasteiger partial charge on any atom is -0.444 e. The summed E-state index contributed by atoms with van der Waals surface area (Å²) in [6, 6.07) is 4.19. The van der Waals surface area contributed by atoms with Gasteiger partial charge in [-0.2, -0.15) is 0 Å². The molecule has 11 heteroatoms. The molecule has 0 aromatic heterocycles. The monoisotopic (exact) mass is 502 g/mol. The van der Waals surface area contributed by atoms with Crippen LogP contribution in [0.4, 0.5) is 10.5 Å². The first-order chi connectivity index (χ1) is 17.0. The SMILES string of the molecule is CCCOCCN(CC(=O)Nc1cccc2c1CN(C1CCC(=O)NC1=O)C2=O)C(=O)OC(C)(C)C. The minimum absolute atomic E-state index is 0.123. The van der Waals surface area contributed by atoms with Crippen LogP contribution in [-0.2, 0) is 30.4 Å². The van der Waals surface area contributed by atoms with E-state index in [1.54, 1.807) is 39.0 Å². The smallest absolute Gasteiger partial charge is 0.410 e. The average molecular weight is 503 g/mol. The van der Waals surface area contributed by atoms with Gasteiger partial charge in [0.05, 0.1) is 6.61 Å². The van der Waals surface area contributed by atoms with Crippen molar-refractivity contribution in [2.45, 2.75) is 65.1 Å². The number of fused-ring (bicyclic) bond motifs is 1. The molecule has 3 rings (SSSR count). The summed E-state index contributed by atoms with van der Waals surface area (Å²) in [5.41, 5.74) is 0.660. The van der Waals surface area contributed by atoms with Crippen molar-refractivity contribution in [1.29, 1.82) is 0 Å². The highest BCUT2D eigenvalue weighted by atomic mass is 16.6. The topological polar surface area (TPSA) is 134 Å². The van der Waals surface area contributed by atoms with E-state index in [1.165, 1.54) is 9.80 Å². The summed E-state index contributed by atoms with van der Waals surface area (Å²) in [4.78, 5) is 65.1. The van der Waals surface area contributed by atoms with Crippen LogP contribution in [0.5, 0.6) is 0 Å². The van der Waals surface area contributed by atoms with Gasteiger partial charge in [-0.1, -0.05) is 13.0 Å². The summed E-state index contributed by atoms with van der Waals surface area (Å²) < 4.78 is 10.9. The van der Waals surface area contributed by atoms with E-state index in [2.05, 4.69) is 10.6 Å². The van der Waals surface area contributed by atoms with Gasteiger partial charge in [-0.05, 0) is 45.7 Å². The van der Waals surface area contributed by atoms with Gasteiger partial charge in [0.15, 0.2) is 0 Å². The first-order valence-corrected chi connectivity index (χ1v) is 12.1. The second-order valence-corrected chi connectivity index (χ2v) is 9.79. The van der Waals surface area contributed by atoms with Gasteiger partial charge < -0.3 is 19.7 Å². The molecule has 36 heavy (non-hydrogen) atoms. The van der Waals surface area contributed by atoms with Gasteiger partial charge in [-0.25, -0.2) is 4.79 Å². The Morgan fingerprint density at radius 2 is 1.94 bits per heavy atom. The molecule has 11 nitrogen and oxygen atoms in total. The Morgan fingerprint density at radius 3 is 2.61 bits per heavy atom. The fourth-order valence-electron chi connectivity index (χ4n) is 4.05. The van der Waals surface area contributed by atoms with Crippen LogP contribution >= 0.6 is 0 Å². The Labute approximate surface area is 210 Å². The summed E-state index contributed by atoms with van der Waals surface area (Å²) in [5, 5.41) is 5.06. The van der Waals surface area contributed by atoms with Gasteiger partial charge in [-0.15, -0.1) is 0 Å². The van der Waals surface area contributed by atoms with Crippen LogP contribution in [0.1, 0.15) is 62.9 Å². The number of nitrogens with zero attached hydrogens (tertiary/aromatic N) is 2. The first-order valence-electron chi connectivity index (χ1n) is 12.1. The maximum absolute atomic E-state index is 13.0. The minimum atomic E-state index is -0.753. The number of hydrogen-bond donors (Lipinski definition) is 2. The lowest BCUT2D eigenvalue weighted by Crippen LogP contribution is -2.52. The van der Waals surface area contributed by atoms with Crippen LogP contribution in [0.3, 0.4) is 0 Å². The number of carbonyl (C=O) groups is 5. The average Bonchev–Trinajstić information content (AvgIpc) is 3.12. The fourth-order valence-corrected chi connectivity index (χ4v) is 4.05. The van der Waals surface area contributed by atoms with Gasteiger partial charge in [0.25, 0.3) is 5.91 Å². The van der Waals surface area contributed by atoms with E-state index in [9.17, 15) is 24.0 Å². The number of amides is 5. The van der Waals surface area contributed by atoms with Crippen LogP contribution in [0.15, 0.2) is 18.2 Å². The van der Waals surface area contributed by atoms with Crippen LogP contribution in [0.25, 0.3) is 0 Å². The molecule has 1 aromatic carbocycles. The maximum atomic E-state index is 13.0. The molecule has 1 unspecified atom stereocenters. The summed E-state index contributed by atoms with van der Waals surface area (Å²) >= 11 is 0. The van der Waals surface area contributed by atoms with Crippen molar-refractivity contribution < 1.29 is 33.4 Å². The summed E-state index contributed by atoms with van der Waals surface area (Å²) in [7, 11) is 0. The second-order valence-electron chi connectivity index (χ2n) is 9.79. The predicted octanol–water partition coefficient (Wildman–Crippen LogP) is 2.05. The van der Waals surface area contributed by atoms with Gasteiger partial charge in [0.1, 0.15) is 18.2 Å². The summed E-state index contributed by atoms with van der Waals surface area (Å²) in [5.74, 6) is -1.66. The van der Waals surface area contributed by atoms with Crippen LogP contribution in [-0.4, -0.2) is 77.5 Å². The Balaban J connectivity index is 1.70. The van der Waals surface area contributed by atoms with Crippen molar-refractivity contribution in [3.05, 3.63) is 29.3 Å².